The molecule has 126 valence electrons. The van der Waals surface area contributed by atoms with Crippen molar-refractivity contribution in [3.05, 3.63) is 66.7 Å². The Kier molecular flexibility index (Phi) is 6.86. The minimum atomic E-state index is -0.182. The Balaban J connectivity index is 1.90. The van der Waals surface area contributed by atoms with Crippen LogP contribution in [0.2, 0.25) is 0 Å². The van der Waals surface area contributed by atoms with Crippen molar-refractivity contribution in [1.29, 1.82) is 0 Å². The molecule has 0 unspecified atom stereocenters. The largest absolute Gasteiger partial charge is 0.491 e. The van der Waals surface area contributed by atoms with E-state index in [0.29, 0.717) is 36.8 Å². The number of amides is 1. The van der Waals surface area contributed by atoms with Crippen LogP contribution in [-0.2, 0) is 4.74 Å². The van der Waals surface area contributed by atoms with Crippen LogP contribution in [0, 0.1) is 0 Å². The third-order valence-electron chi connectivity index (χ3n) is 3.15. The van der Waals surface area contributed by atoms with Gasteiger partial charge in [-0.15, -0.1) is 0 Å². The van der Waals surface area contributed by atoms with Crippen LogP contribution >= 0.6 is 0 Å². The molecule has 0 aliphatic carbocycles. The summed E-state index contributed by atoms with van der Waals surface area (Å²) in [5.41, 5.74) is 1.26. The van der Waals surface area contributed by atoms with E-state index in [2.05, 4.69) is 11.9 Å². The first-order chi connectivity index (χ1) is 11.7. The average molecular weight is 327 g/mol. The van der Waals surface area contributed by atoms with Crippen molar-refractivity contribution < 1.29 is 19.0 Å². The molecule has 0 fully saturated rings. The van der Waals surface area contributed by atoms with E-state index < -0.39 is 0 Å². The van der Waals surface area contributed by atoms with Gasteiger partial charge in [0.05, 0.1) is 6.61 Å². The van der Waals surface area contributed by atoms with E-state index in [1.807, 2.05) is 0 Å². The highest BCUT2D eigenvalue weighted by molar-refractivity contribution is 6.04. The lowest BCUT2D eigenvalue weighted by atomic mass is 10.2. The lowest BCUT2D eigenvalue weighted by molar-refractivity contribution is 0.102. The van der Waals surface area contributed by atoms with Gasteiger partial charge >= 0.3 is 0 Å². The molecule has 0 spiro atoms. The van der Waals surface area contributed by atoms with E-state index in [0.717, 1.165) is 5.75 Å². The lowest BCUT2D eigenvalue weighted by Crippen LogP contribution is -2.12. The summed E-state index contributed by atoms with van der Waals surface area (Å²) >= 11 is 0. The van der Waals surface area contributed by atoms with Crippen molar-refractivity contribution >= 4 is 11.6 Å². The topological polar surface area (TPSA) is 56.8 Å². The van der Waals surface area contributed by atoms with Crippen molar-refractivity contribution in [2.75, 3.05) is 32.2 Å². The fourth-order valence-corrected chi connectivity index (χ4v) is 1.94. The van der Waals surface area contributed by atoms with Gasteiger partial charge in [-0.25, -0.2) is 0 Å². The normalized spacial score (nSPS) is 10.0. The third-order valence-corrected chi connectivity index (χ3v) is 3.15. The van der Waals surface area contributed by atoms with Gasteiger partial charge in [0.1, 0.15) is 24.7 Å². The molecule has 0 aromatic heterocycles. The molecule has 5 heteroatoms. The van der Waals surface area contributed by atoms with Gasteiger partial charge in [0.25, 0.3) is 5.91 Å². The molecule has 0 radical (unpaired) electrons. The zero-order chi connectivity index (χ0) is 17.2. The Bertz CT molecular complexity index is 650. The number of hydrogen-bond donors (Lipinski definition) is 1. The second kappa shape index (κ2) is 9.37. The number of carbonyl (C=O) groups is 1. The summed E-state index contributed by atoms with van der Waals surface area (Å²) < 4.78 is 15.8. The molecule has 0 heterocycles. The summed E-state index contributed by atoms with van der Waals surface area (Å²) in [5, 5.41) is 2.84. The molecule has 2 aromatic carbocycles. The van der Waals surface area contributed by atoms with Crippen LogP contribution in [0.15, 0.2) is 61.2 Å². The number of hydrogen-bond acceptors (Lipinski definition) is 4. The highest BCUT2D eigenvalue weighted by atomic mass is 16.5. The van der Waals surface area contributed by atoms with E-state index in [4.69, 9.17) is 14.2 Å². The summed E-state index contributed by atoms with van der Waals surface area (Å²) in [5.74, 6) is 1.25. The second-order valence-electron chi connectivity index (χ2n) is 4.94. The van der Waals surface area contributed by atoms with Gasteiger partial charge in [-0.05, 0) is 48.5 Å². The summed E-state index contributed by atoms with van der Waals surface area (Å²) in [6.45, 7) is 5.04. The Morgan fingerprint density at radius 2 is 1.62 bits per heavy atom. The number of rotatable bonds is 9. The van der Waals surface area contributed by atoms with Crippen LogP contribution in [0.3, 0.4) is 0 Å². The van der Waals surface area contributed by atoms with Crippen molar-refractivity contribution in [1.82, 2.24) is 0 Å². The monoisotopic (exact) mass is 327 g/mol. The van der Waals surface area contributed by atoms with Crippen LogP contribution in [0.5, 0.6) is 11.5 Å². The maximum absolute atomic E-state index is 12.2. The molecule has 5 nitrogen and oxygen atoms in total. The minimum absolute atomic E-state index is 0.182. The number of methoxy groups -OCH3 is 1. The van der Waals surface area contributed by atoms with E-state index in [-0.39, 0.29) is 5.91 Å². The summed E-state index contributed by atoms with van der Waals surface area (Å²) in [4.78, 5) is 12.2. The molecule has 0 bridgehead atoms. The molecular weight excluding hydrogens is 306 g/mol. The summed E-state index contributed by atoms with van der Waals surface area (Å²) in [6.07, 6.45) is 1.68. The first-order valence-electron chi connectivity index (χ1n) is 7.60. The van der Waals surface area contributed by atoms with Crippen molar-refractivity contribution in [2.45, 2.75) is 0 Å². The number of carbonyl (C=O) groups excluding carboxylic acids is 1. The lowest BCUT2D eigenvalue weighted by Gasteiger charge is -2.08. The van der Waals surface area contributed by atoms with Gasteiger partial charge in [-0.3, -0.25) is 4.79 Å². The fourth-order valence-electron chi connectivity index (χ4n) is 1.94. The first kappa shape index (κ1) is 17.6. The van der Waals surface area contributed by atoms with Gasteiger partial charge in [0.2, 0.25) is 0 Å². The molecule has 0 aliphatic rings. The van der Waals surface area contributed by atoms with Crippen LogP contribution in [0.4, 0.5) is 5.69 Å². The van der Waals surface area contributed by atoms with Crippen molar-refractivity contribution in [3.63, 3.8) is 0 Å². The quantitative estimate of drug-likeness (QED) is 0.565. The average Bonchev–Trinajstić information content (AvgIpc) is 2.62. The Morgan fingerprint density at radius 3 is 2.25 bits per heavy atom. The van der Waals surface area contributed by atoms with Crippen molar-refractivity contribution in [3.8, 4) is 11.5 Å². The van der Waals surface area contributed by atoms with E-state index in [1.165, 1.54) is 0 Å². The molecule has 0 saturated carbocycles. The predicted octanol–water partition coefficient (Wildman–Crippen LogP) is 3.53. The van der Waals surface area contributed by atoms with Crippen LogP contribution in [0.25, 0.3) is 0 Å². The summed E-state index contributed by atoms with van der Waals surface area (Å²) in [7, 11) is 1.62. The van der Waals surface area contributed by atoms with Gasteiger partial charge in [-0.2, -0.15) is 0 Å². The van der Waals surface area contributed by atoms with Gasteiger partial charge in [-0.1, -0.05) is 12.7 Å². The SMILES string of the molecule is C=CCOc1ccc(NC(=O)c2ccc(OCCOC)cc2)cc1. The van der Waals surface area contributed by atoms with Crippen LogP contribution in [0.1, 0.15) is 10.4 Å². The number of nitrogens with one attached hydrogen (secondary N) is 1. The predicted molar refractivity (Wildman–Crippen MR) is 93.9 cm³/mol. The molecule has 2 rings (SSSR count). The third kappa shape index (κ3) is 5.44. The zero-order valence-electron chi connectivity index (χ0n) is 13.7. The highest BCUT2D eigenvalue weighted by Gasteiger charge is 2.06. The Hall–Kier alpha value is -2.79. The molecule has 2 aromatic rings. The van der Waals surface area contributed by atoms with E-state index in [9.17, 15) is 4.79 Å². The highest BCUT2D eigenvalue weighted by Crippen LogP contribution is 2.17. The van der Waals surface area contributed by atoms with E-state index >= 15 is 0 Å². The molecule has 1 amide bonds. The van der Waals surface area contributed by atoms with Crippen LogP contribution < -0.4 is 14.8 Å². The first-order valence-corrected chi connectivity index (χ1v) is 7.60. The molecule has 0 saturated heterocycles. The number of ether oxygens (including phenoxy) is 3. The maximum Gasteiger partial charge on any atom is 0.255 e. The zero-order valence-corrected chi connectivity index (χ0v) is 13.7. The Labute approximate surface area is 141 Å². The molecule has 24 heavy (non-hydrogen) atoms. The minimum Gasteiger partial charge on any atom is -0.491 e. The summed E-state index contributed by atoms with van der Waals surface area (Å²) in [6, 6.07) is 14.1. The second-order valence-corrected chi connectivity index (χ2v) is 4.94. The Morgan fingerprint density at radius 1 is 1.00 bits per heavy atom. The smallest absolute Gasteiger partial charge is 0.255 e. The van der Waals surface area contributed by atoms with Crippen molar-refractivity contribution in [2.24, 2.45) is 0 Å². The number of anilines is 1. The molecule has 0 aliphatic heterocycles. The molecule has 0 atom stereocenters. The van der Waals surface area contributed by atoms with Crippen LogP contribution in [-0.4, -0.2) is 32.8 Å². The molecule has 1 N–H and O–H groups in total. The van der Waals surface area contributed by atoms with Gasteiger partial charge in [0.15, 0.2) is 0 Å². The maximum atomic E-state index is 12.2. The fraction of sp³-hybridized carbons (Fsp3) is 0.211. The standard InChI is InChI=1S/C19H21NO4/c1-3-12-23-18-10-6-16(7-11-18)20-19(21)15-4-8-17(9-5-15)24-14-13-22-2/h3-11H,1,12-14H2,2H3,(H,20,21). The molecular formula is C19H21NO4. The van der Waals surface area contributed by atoms with Gasteiger partial charge < -0.3 is 19.5 Å². The number of benzene rings is 2. The van der Waals surface area contributed by atoms with Gasteiger partial charge in [0, 0.05) is 18.4 Å². The van der Waals surface area contributed by atoms with E-state index in [1.54, 1.807) is 61.7 Å².